The van der Waals surface area contributed by atoms with Gasteiger partial charge in [0.15, 0.2) is 11.5 Å². The third-order valence-corrected chi connectivity index (χ3v) is 10.2. The van der Waals surface area contributed by atoms with Crippen LogP contribution in [0, 0.1) is 5.82 Å². The molecule has 0 amide bonds. The number of fused-ring (bicyclic) bond motifs is 6. The molecule has 4 aliphatic rings. The lowest BCUT2D eigenvalue weighted by atomic mass is 9.96. The van der Waals surface area contributed by atoms with Gasteiger partial charge in [-0.2, -0.15) is 9.97 Å². The number of benzene rings is 3. The first kappa shape index (κ1) is 29.1. The Balaban J connectivity index is 1.20. The largest absolute Gasteiger partial charge is 0.508 e. The number of nitrogens with zero attached hydrogens (tertiary/aromatic N) is 4. The molecule has 2 N–H and O–H groups in total. The second kappa shape index (κ2) is 11.2. The number of hydrogen-bond donors (Lipinski definition) is 2. The van der Waals surface area contributed by atoms with E-state index in [0.717, 1.165) is 36.5 Å². The van der Waals surface area contributed by atoms with Crippen LogP contribution in [-0.4, -0.2) is 89.3 Å². The number of phenols is 1. The van der Waals surface area contributed by atoms with Crippen LogP contribution in [0.3, 0.4) is 0 Å². The van der Waals surface area contributed by atoms with Gasteiger partial charge in [0.1, 0.15) is 23.7 Å². The van der Waals surface area contributed by atoms with E-state index in [1.54, 1.807) is 12.1 Å². The predicted octanol–water partition coefficient (Wildman–Crippen LogP) is 5.86. The van der Waals surface area contributed by atoms with Gasteiger partial charge in [-0.15, -0.1) is 0 Å². The highest BCUT2D eigenvalue weighted by Crippen LogP contribution is 2.43. The Morgan fingerprint density at radius 1 is 1.04 bits per heavy atom. The van der Waals surface area contributed by atoms with Crippen LogP contribution in [0.15, 0.2) is 42.5 Å². The number of nitrogens with one attached hydrogen (secondary N) is 1. The van der Waals surface area contributed by atoms with Crippen molar-refractivity contribution in [2.45, 2.75) is 62.4 Å². The zero-order valence-corrected chi connectivity index (χ0v) is 25.9. The Morgan fingerprint density at radius 2 is 1.78 bits per heavy atom. The van der Waals surface area contributed by atoms with E-state index in [0.29, 0.717) is 55.2 Å². The molecule has 3 aromatic carbocycles. The lowest BCUT2D eigenvalue weighted by molar-refractivity contribution is -0.0458. The van der Waals surface area contributed by atoms with E-state index >= 15 is 8.78 Å². The van der Waals surface area contributed by atoms with Crippen LogP contribution in [0.5, 0.6) is 11.8 Å². The van der Waals surface area contributed by atoms with Crippen LogP contribution in [0.25, 0.3) is 32.8 Å². The molecule has 5 heterocycles. The summed E-state index contributed by atoms with van der Waals surface area (Å²) in [5.74, 6) is -0.125. The maximum Gasteiger partial charge on any atom is 0.319 e. The Kier molecular flexibility index (Phi) is 7.24. The minimum absolute atomic E-state index is 0.00103. The molecule has 4 aliphatic heterocycles. The summed E-state index contributed by atoms with van der Waals surface area (Å²) < 4.78 is 44.5. The van der Waals surface area contributed by atoms with Crippen molar-refractivity contribution in [3.05, 3.63) is 53.3 Å². The molecule has 0 aliphatic carbocycles. The van der Waals surface area contributed by atoms with Gasteiger partial charge in [-0.05, 0) is 67.1 Å². The number of phenolic OH excluding ortho intramolecular Hbond substituents is 1. The molecule has 236 valence electrons. The van der Waals surface area contributed by atoms with Gasteiger partial charge in [0, 0.05) is 54.8 Å². The van der Waals surface area contributed by atoms with Crippen LogP contribution < -0.4 is 15.0 Å². The average Bonchev–Trinajstić information content (AvgIpc) is 3.44. The van der Waals surface area contributed by atoms with Crippen LogP contribution >= 0.6 is 11.6 Å². The zero-order valence-electron chi connectivity index (χ0n) is 25.1. The molecular formula is C34H36ClF2N5O3. The number of aromatic hydroxyl groups is 1. The highest BCUT2D eigenvalue weighted by atomic mass is 35.5. The molecule has 4 bridgehead atoms. The van der Waals surface area contributed by atoms with Gasteiger partial charge in [-0.25, -0.2) is 8.78 Å². The maximum atomic E-state index is 16.8. The molecule has 4 unspecified atom stereocenters. The lowest BCUT2D eigenvalue weighted by Gasteiger charge is -2.38. The molecule has 4 aromatic rings. The number of anilines is 1. The van der Waals surface area contributed by atoms with Crippen LogP contribution in [0.1, 0.15) is 32.6 Å². The SMILES string of the molecule is C[C@@](F)(COc1nc(N2CC3CCC(C2)N3)c2cc(Cl)c(-c3cc(O)cc4ccccc34)c(F)c2n1)CN1C2CCC1COC2. The molecular weight excluding hydrogens is 600 g/mol. The lowest BCUT2D eigenvalue weighted by Crippen LogP contribution is -2.52. The van der Waals surface area contributed by atoms with E-state index in [2.05, 4.69) is 20.1 Å². The molecule has 0 spiro atoms. The normalized spacial score (nSPS) is 26.1. The molecule has 5 atom stereocenters. The number of alkyl halides is 1. The van der Waals surface area contributed by atoms with Crippen molar-refractivity contribution < 1.29 is 23.4 Å². The third-order valence-electron chi connectivity index (χ3n) is 9.88. The molecule has 45 heavy (non-hydrogen) atoms. The Bertz CT molecular complexity index is 1760. The monoisotopic (exact) mass is 635 g/mol. The van der Waals surface area contributed by atoms with Gasteiger partial charge in [-0.3, -0.25) is 4.90 Å². The fourth-order valence-electron chi connectivity index (χ4n) is 7.80. The summed E-state index contributed by atoms with van der Waals surface area (Å²) >= 11 is 6.86. The fraction of sp³-hybridized carbons (Fsp3) is 0.471. The number of morpholine rings is 1. The first-order valence-electron chi connectivity index (χ1n) is 15.8. The highest BCUT2D eigenvalue weighted by molar-refractivity contribution is 6.35. The van der Waals surface area contributed by atoms with Crippen molar-refractivity contribution in [2.75, 3.05) is 44.4 Å². The summed E-state index contributed by atoms with van der Waals surface area (Å²) in [6.07, 6.45) is 4.12. The minimum atomic E-state index is -1.69. The van der Waals surface area contributed by atoms with E-state index < -0.39 is 11.5 Å². The van der Waals surface area contributed by atoms with Crippen molar-refractivity contribution in [3.63, 3.8) is 0 Å². The maximum absolute atomic E-state index is 16.8. The highest BCUT2D eigenvalue weighted by Gasteiger charge is 2.42. The van der Waals surface area contributed by atoms with Crippen LogP contribution in [-0.2, 0) is 4.74 Å². The first-order valence-corrected chi connectivity index (χ1v) is 16.2. The zero-order chi connectivity index (χ0) is 30.9. The summed E-state index contributed by atoms with van der Waals surface area (Å²) in [6.45, 7) is 4.10. The van der Waals surface area contributed by atoms with Crippen LogP contribution in [0.4, 0.5) is 14.6 Å². The van der Waals surface area contributed by atoms with E-state index in [4.69, 9.17) is 26.1 Å². The second-order valence-electron chi connectivity index (χ2n) is 13.3. The second-order valence-corrected chi connectivity index (χ2v) is 13.7. The summed E-state index contributed by atoms with van der Waals surface area (Å²) in [5, 5.41) is 16.3. The van der Waals surface area contributed by atoms with E-state index in [1.165, 1.54) is 13.0 Å². The number of rotatable bonds is 7. The molecule has 8 nitrogen and oxygen atoms in total. The Morgan fingerprint density at radius 3 is 2.53 bits per heavy atom. The topological polar surface area (TPSA) is 83.0 Å². The van der Waals surface area contributed by atoms with Gasteiger partial charge in [0.2, 0.25) is 0 Å². The fourth-order valence-corrected chi connectivity index (χ4v) is 8.09. The minimum Gasteiger partial charge on any atom is -0.508 e. The van der Waals surface area contributed by atoms with Gasteiger partial charge in [0.05, 0.1) is 18.2 Å². The number of piperazine rings is 1. The number of ether oxygens (including phenoxy) is 2. The molecule has 0 saturated carbocycles. The van der Waals surface area contributed by atoms with E-state index in [9.17, 15) is 5.11 Å². The van der Waals surface area contributed by atoms with Crippen molar-refractivity contribution in [1.29, 1.82) is 0 Å². The predicted molar refractivity (Wildman–Crippen MR) is 171 cm³/mol. The van der Waals surface area contributed by atoms with Gasteiger partial charge < -0.3 is 24.8 Å². The third kappa shape index (κ3) is 5.35. The van der Waals surface area contributed by atoms with Crippen molar-refractivity contribution in [2.24, 2.45) is 0 Å². The standard InChI is InChI=1S/C34H36ClF2N5O3/c1-34(37,17-42-22-8-9-23(42)16-44-15-22)18-45-33-39-31-27(32(40-33)41-13-20-6-7-21(14-41)38-20)12-28(35)29(30(31)36)26-11-24(43)10-19-4-2-3-5-25(19)26/h2-5,10-12,20-23,38,43H,6-9,13-18H2,1H3/t20?,21?,22?,23?,34-/m0/s1. The smallest absolute Gasteiger partial charge is 0.319 e. The average molecular weight is 636 g/mol. The van der Waals surface area contributed by atoms with E-state index in [1.807, 2.05) is 24.3 Å². The number of aromatic nitrogens is 2. The van der Waals surface area contributed by atoms with Crippen LogP contribution in [0.2, 0.25) is 5.02 Å². The molecule has 1 aromatic heterocycles. The summed E-state index contributed by atoms with van der Waals surface area (Å²) in [4.78, 5) is 13.6. The Hall–Kier alpha value is -3.31. The molecule has 4 saturated heterocycles. The van der Waals surface area contributed by atoms with Gasteiger partial charge in [-0.1, -0.05) is 35.9 Å². The van der Waals surface area contributed by atoms with Crippen molar-refractivity contribution in [1.82, 2.24) is 20.2 Å². The van der Waals surface area contributed by atoms with Gasteiger partial charge in [0.25, 0.3) is 0 Å². The molecule has 0 radical (unpaired) electrons. The molecule has 11 heteroatoms. The molecule has 8 rings (SSSR count). The number of hydrogen-bond acceptors (Lipinski definition) is 8. The van der Waals surface area contributed by atoms with Crippen molar-refractivity contribution >= 4 is 39.1 Å². The van der Waals surface area contributed by atoms with E-state index in [-0.39, 0.29) is 53.1 Å². The number of halogens is 3. The first-order chi connectivity index (χ1) is 21.7. The summed E-state index contributed by atoms with van der Waals surface area (Å²) in [5.41, 5.74) is -1.06. The summed E-state index contributed by atoms with van der Waals surface area (Å²) in [6, 6.07) is 13.2. The quantitative estimate of drug-likeness (QED) is 0.261. The molecule has 4 fully saturated rings. The Labute approximate surface area is 265 Å². The van der Waals surface area contributed by atoms with Crippen molar-refractivity contribution in [3.8, 4) is 22.9 Å². The van der Waals surface area contributed by atoms with Gasteiger partial charge >= 0.3 is 6.01 Å². The summed E-state index contributed by atoms with van der Waals surface area (Å²) in [7, 11) is 0.